The number of piperazine rings is 1. The molecule has 8 heterocycles. The second-order valence-electron chi connectivity index (χ2n) is 30.2. The van der Waals surface area contributed by atoms with Crippen molar-refractivity contribution < 1.29 is 60.7 Å². The number of halogens is 6. The lowest BCUT2D eigenvalue weighted by Crippen LogP contribution is -2.44. The molecule has 3 unspecified atom stereocenters. The summed E-state index contributed by atoms with van der Waals surface area (Å²) < 4.78 is 82.3. The Morgan fingerprint density at radius 2 is 0.783 bits per heavy atom. The molecule has 21 nitrogen and oxygen atoms in total. The number of hydrogen-bond acceptors (Lipinski definition) is 14. The quantitative estimate of drug-likeness (QED) is 0.0482. The van der Waals surface area contributed by atoms with Crippen LogP contribution in [0.4, 0.5) is 27.6 Å². The summed E-state index contributed by atoms with van der Waals surface area (Å²) in [6.45, 7) is 12.0. The van der Waals surface area contributed by atoms with Crippen molar-refractivity contribution in [3.05, 3.63) is 302 Å². The molecule has 1 saturated heterocycles. The first-order chi connectivity index (χ1) is 58.4. The fourth-order valence-electron chi connectivity index (χ4n) is 15.9. The lowest BCUT2D eigenvalue weighted by atomic mass is 9.92. The number of aryl methyl sites for hydroxylation is 1. The molecule has 3 N–H and O–H groups in total. The van der Waals surface area contributed by atoms with Gasteiger partial charge in [0.1, 0.15) is 70.1 Å². The topological polar surface area (TPSA) is 200 Å². The van der Waals surface area contributed by atoms with Gasteiger partial charge in [-0.1, -0.05) is 71.2 Å². The number of carbonyl (C=O) groups excluding carboxylic acids is 3. The largest absolute Gasteiger partial charge is 0.494 e. The molecule has 3 amide bonds. The van der Waals surface area contributed by atoms with E-state index < -0.39 is 48.0 Å². The molecule has 13 aromatic rings. The van der Waals surface area contributed by atoms with Crippen molar-refractivity contribution in [1.82, 2.24) is 53.9 Å². The normalized spacial score (nSPS) is 15.9. The van der Waals surface area contributed by atoms with Crippen molar-refractivity contribution >= 4 is 85.8 Å². The molecule has 27 heteroatoms. The number of aromatic nitrogens is 5. The van der Waals surface area contributed by atoms with Crippen LogP contribution in [0.1, 0.15) is 87.9 Å². The molecule has 3 atom stereocenters. The van der Waals surface area contributed by atoms with E-state index in [4.69, 9.17) is 68.0 Å². The van der Waals surface area contributed by atoms with Crippen LogP contribution in [-0.4, -0.2) is 185 Å². The van der Waals surface area contributed by atoms with Gasteiger partial charge in [0.15, 0.2) is 0 Å². The fourth-order valence-corrected chi connectivity index (χ4v) is 16.4. The summed E-state index contributed by atoms with van der Waals surface area (Å²) in [5.74, 6) is 2.02. The molecule has 0 aliphatic carbocycles. The molecule has 4 aliphatic rings. The van der Waals surface area contributed by atoms with Crippen molar-refractivity contribution in [2.75, 3.05) is 113 Å². The molecule has 17 rings (SSSR count). The number of imidazole rings is 1. The van der Waals surface area contributed by atoms with Crippen LogP contribution in [-0.2, 0) is 30.5 Å². The minimum atomic E-state index is -0.506. The molecule has 622 valence electrons. The third-order valence-corrected chi connectivity index (χ3v) is 22.8. The monoisotopic (exact) mass is 1690 g/mol. The van der Waals surface area contributed by atoms with Crippen molar-refractivity contribution in [2.45, 2.75) is 63.2 Å². The van der Waals surface area contributed by atoms with Crippen LogP contribution in [0.25, 0.3) is 32.7 Å². The predicted molar refractivity (Wildman–Crippen MR) is 459 cm³/mol. The molecule has 0 bridgehead atoms. The number of aromatic amines is 3. The second-order valence-corrected chi connectivity index (χ2v) is 31.5. The van der Waals surface area contributed by atoms with Crippen LogP contribution in [0, 0.1) is 17.5 Å². The van der Waals surface area contributed by atoms with E-state index in [1.807, 2.05) is 138 Å². The highest BCUT2D eigenvalue weighted by Gasteiger charge is 2.40. The van der Waals surface area contributed by atoms with E-state index in [0.717, 1.165) is 172 Å². The Balaban J connectivity index is 0.000000140. The van der Waals surface area contributed by atoms with Crippen LogP contribution in [0.3, 0.4) is 0 Å². The number of nitrogens with zero attached hydrogens (tertiary/aromatic N) is 8. The van der Waals surface area contributed by atoms with E-state index in [2.05, 4.69) is 48.7 Å². The Morgan fingerprint density at radius 1 is 0.433 bits per heavy atom. The molecule has 0 saturated carbocycles. The van der Waals surface area contributed by atoms with Crippen molar-refractivity contribution in [1.29, 1.82) is 0 Å². The number of nitrogens with one attached hydrogen (secondary N) is 3. The minimum absolute atomic E-state index is 0.286. The highest BCUT2D eigenvalue weighted by Crippen LogP contribution is 2.44. The Kier molecular flexibility index (Phi) is 27.3. The Hall–Kier alpha value is -11.5. The number of benzene rings is 9. The molecule has 1 fully saturated rings. The zero-order valence-electron chi connectivity index (χ0n) is 66.8. The zero-order valence-corrected chi connectivity index (χ0v) is 69.1. The predicted octanol–water partition coefficient (Wildman–Crippen LogP) is 19.3. The summed E-state index contributed by atoms with van der Waals surface area (Å²) in [5, 5.41) is 5.15. The molecular weight excluding hydrogens is 1590 g/mol. The van der Waals surface area contributed by atoms with Gasteiger partial charge in [0.25, 0.3) is 0 Å². The first kappa shape index (κ1) is 83.6. The van der Waals surface area contributed by atoms with Gasteiger partial charge in [-0.2, -0.15) is 0 Å². The summed E-state index contributed by atoms with van der Waals surface area (Å²) >= 11 is 18.9. The third-order valence-electron chi connectivity index (χ3n) is 22.1. The molecule has 120 heavy (non-hydrogen) atoms. The van der Waals surface area contributed by atoms with Crippen LogP contribution in [0.5, 0.6) is 34.5 Å². The Labute approximate surface area is 708 Å². The van der Waals surface area contributed by atoms with Gasteiger partial charge in [-0.3, -0.25) is 14.7 Å². The van der Waals surface area contributed by atoms with Gasteiger partial charge in [0.05, 0.1) is 32.8 Å². The van der Waals surface area contributed by atoms with Crippen molar-refractivity contribution in [3.63, 3.8) is 0 Å². The highest BCUT2D eigenvalue weighted by atomic mass is 35.5. The fraction of sp³-hybridized carbons (Fsp3) is 0.290. The first-order valence-electron chi connectivity index (χ1n) is 40.3. The number of fused-ring (bicyclic) bond motifs is 9. The molecule has 9 aromatic carbocycles. The number of H-pyrrole nitrogens is 3. The van der Waals surface area contributed by atoms with Crippen molar-refractivity contribution in [2.24, 2.45) is 0 Å². The molecule has 0 spiro atoms. The maximum absolute atomic E-state index is 13.4. The summed E-state index contributed by atoms with van der Waals surface area (Å²) in [4.78, 5) is 67.1. The van der Waals surface area contributed by atoms with E-state index in [9.17, 15) is 27.6 Å². The number of hydrogen-bond donors (Lipinski definition) is 3. The summed E-state index contributed by atoms with van der Waals surface area (Å²) in [6.07, 6.45) is 8.63. The number of rotatable bonds is 24. The Bertz CT molecular complexity index is 5620. The number of amides is 3. The van der Waals surface area contributed by atoms with Gasteiger partial charge >= 0.3 is 18.3 Å². The number of methoxy groups -OCH3 is 1. The number of ether oxygens (including phenoxy) is 7. The number of carbonyl (C=O) groups is 3. The lowest BCUT2D eigenvalue weighted by Gasteiger charge is -2.35. The standard InChI is InChI=1S/C32H34ClFN4O3.C31H33ClFN3O4.C30H26ClFN4O3/c1-36-16-18-37(19-17-36)14-2-20-40-25-8-3-22(4-9-25)31-30-27(28-21-23(33)5-12-29(28)35-30)13-15-38(31)32(39)41-26-10-6-24(34)7-11-26;1-35(17-19-38-2)15-3-18-39-24-9-4-21(5-10-24)30-29-26(27-20-22(32)6-13-28(27)34-29)14-16-36(30)31(37)40-25-11-7-23(33)8-12-25;31-21-4-11-27-26(18-21)25-12-15-36(30(37)39-24-9-5-22(32)6-10-24)29(28(25)34-27)20-2-7-23(8-3-20)38-17-1-14-35-16-13-33-19-35/h3-12,21,31,35H,2,13-20H2,1H3;4-13,20,30,34H,3,14-19H2,1-2H3;2-11,13,16,18-19,29,34H,1,12,14-15,17H2. The van der Waals surface area contributed by atoms with Crippen LogP contribution < -0.4 is 28.4 Å². The highest BCUT2D eigenvalue weighted by molar-refractivity contribution is 6.32. The van der Waals surface area contributed by atoms with E-state index >= 15 is 0 Å². The van der Waals surface area contributed by atoms with Crippen LogP contribution in [0.15, 0.2) is 219 Å². The minimum Gasteiger partial charge on any atom is -0.494 e. The van der Waals surface area contributed by atoms with E-state index in [1.54, 1.807) is 34.3 Å². The molecule has 0 radical (unpaired) electrons. The SMILES string of the molecule is CN1CCN(CCCOc2ccc(C3c4[nH]c5ccc(Cl)cc5c4CCN3C(=O)Oc3ccc(F)cc3)cc2)CC1.COCCN(C)CCCOc1ccc(C2c3[nH]c4ccc(Cl)cc4c3CCN2C(=O)Oc2ccc(F)cc2)cc1.O=C(Oc1ccc(F)cc1)N1CCc2c([nH]c3ccc(Cl)cc23)C1c1ccc(OCCCn2ccnc2)cc1. The average Bonchev–Trinajstić information content (AvgIpc) is 1.59. The van der Waals surface area contributed by atoms with E-state index in [0.29, 0.717) is 86.1 Å². The van der Waals surface area contributed by atoms with Gasteiger partial charge < -0.3 is 67.4 Å². The molecular formula is C93H93Cl3F3N11O10. The average molecular weight is 1690 g/mol. The maximum atomic E-state index is 13.4. The summed E-state index contributed by atoms with van der Waals surface area (Å²) in [5.41, 5.74) is 11.8. The zero-order chi connectivity index (χ0) is 83.2. The van der Waals surface area contributed by atoms with Gasteiger partial charge in [-0.05, 0) is 250 Å². The van der Waals surface area contributed by atoms with E-state index in [-0.39, 0.29) is 17.3 Å². The van der Waals surface area contributed by atoms with Gasteiger partial charge in [-0.25, -0.2) is 32.5 Å². The maximum Gasteiger partial charge on any atom is 0.416 e. The molecule has 4 aromatic heterocycles. The van der Waals surface area contributed by atoms with Crippen LogP contribution in [0.2, 0.25) is 15.1 Å². The van der Waals surface area contributed by atoms with Crippen molar-refractivity contribution in [3.8, 4) is 34.5 Å². The summed E-state index contributed by atoms with van der Waals surface area (Å²) in [7, 11) is 5.94. The number of likely N-dealkylation sites (N-methyl/N-ethyl adjacent to an activating group) is 2. The van der Waals surface area contributed by atoms with Gasteiger partial charge in [0.2, 0.25) is 0 Å². The first-order valence-corrected chi connectivity index (χ1v) is 41.4. The lowest BCUT2D eigenvalue weighted by molar-refractivity contribution is 0.134. The van der Waals surface area contributed by atoms with E-state index in [1.165, 1.54) is 72.8 Å². The van der Waals surface area contributed by atoms with Crippen LogP contribution >= 0.6 is 34.8 Å². The van der Waals surface area contributed by atoms with Gasteiger partial charge in [0, 0.05) is 156 Å². The third kappa shape index (κ3) is 20.5. The Morgan fingerprint density at radius 3 is 1.13 bits per heavy atom. The second kappa shape index (κ2) is 39.2. The smallest absolute Gasteiger partial charge is 0.416 e. The molecule has 4 aliphatic heterocycles. The van der Waals surface area contributed by atoms with Gasteiger partial charge in [-0.15, -0.1) is 0 Å². The summed E-state index contributed by atoms with van der Waals surface area (Å²) in [6, 6.07) is 56.0.